The lowest BCUT2D eigenvalue weighted by Gasteiger charge is -2.33. The van der Waals surface area contributed by atoms with E-state index in [-0.39, 0.29) is 17.6 Å². The highest BCUT2D eigenvalue weighted by Crippen LogP contribution is 2.22. The summed E-state index contributed by atoms with van der Waals surface area (Å²) in [7, 11) is 1.61. The monoisotopic (exact) mass is 252 g/mol. The van der Waals surface area contributed by atoms with Gasteiger partial charge in [-0.1, -0.05) is 6.07 Å². The average Bonchev–Trinajstić information content (AvgIpc) is 2.38. The van der Waals surface area contributed by atoms with E-state index in [9.17, 15) is 9.18 Å². The van der Waals surface area contributed by atoms with E-state index in [2.05, 4.69) is 5.32 Å². The van der Waals surface area contributed by atoms with Crippen LogP contribution in [-0.4, -0.2) is 43.7 Å². The SMILES string of the molecule is CNc1c(F)cccc1C(=O)N1CCOCC1C. The van der Waals surface area contributed by atoms with Gasteiger partial charge in [-0.25, -0.2) is 4.39 Å². The maximum Gasteiger partial charge on any atom is 0.256 e. The lowest BCUT2D eigenvalue weighted by atomic mass is 10.1. The minimum Gasteiger partial charge on any atom is -0.385 e. The topological polar surface area (TPSA) is 41.6 Å². The third-order valence-electron chi connectivity index (χ3n) is 3.12. The quantitative estimate of drug-likeness (QED) is 0.871. The Hall–Kier alpha value is -1.62. The maximum atomic E-state index is 13.6. The summed E-state index contributed by atoms with van der Waals surface area (Å²) in [5.74, 6) is -0.570. The van der Waals surface area contributed by atoms with Crippen molar-refractivity contribution >= 4 is 11.6 Å². The molecule has 0 aromatic heterocycles. The summed E-state index contributed by atoms with van der Waals surface area (Å²) in [6, 6.07) is 4.54. The van der Waals surface area contributed by atoms with E-state index in [1.54, 1.807) is 24.1 Å². The van der Waals surface area contributed by atoms with E-state index in [1.165, 1.54) is 6.07 Å². The van der Waals surface area contributed by atoms with Crippen molar-refractivity contribution in [2.45, 2.75) is 13.0 Å². The minimum absolute atomic E-state index is 0.0132. The van der Waals surface area contributed by atoms with Crippen LogP contribution >= 0.6 is 0 Å². The van der Waals surface area contributed by atoms with E-state index in [0.29, 0.717) is 25.3 Å². The van der Waals surface area contributed by atoms with Crippen molar-refractivity contribution in [3.8, 4) is 0 Å². The fraction of sp³-hybridized carbons (Fsp3) is 0.462. The van der Waals surface area contributed by atoms with Gasteiger partial charge in [0, 0.05) is 13.6 Å². The molecule has 1 N–H and O–H groups in total. The van der Waals surface area contributed by atoms with Crippen LogP contribution in [0.15, 0.2) is 18.2 Å². The van der Waals surface area contributed by atoms with Gasteiger partial charge in [0.25, 0.3) is 5.91 Å². The predicted octanol–water partition coefficient (Wildman–Crippen LogP) is 1.73. The van der Waals surface area contributed by atoms with Gasteiger partial charge in [0.05, 0.1) is 30.5 Å². The predicted molar refractivity (Wildman–Crippen MR) is 67.3 cm³/mol. The molecule has 0 radical (unpaired) electrons. The largest absolute Gasteiger partial charge is 0.385 e. The molecular formula is C13H17FN2O2. The van der Waals surface area contributed by atoms with Crippen LogP contribution in [0.2, 0.25) is 0 Å². The summed E-state index contributed by atoms with van der Waals surface area (Å²) in [4.78, 5) is 14.1. The fourth-order valence-electron chi connectivity index (χ4n) is 2.14. The van der Waals surface area contributed by atoms with Gasteiger partial charge >= 0.3 is 0 Å². The number of nitrogens with one attached hydrogen (secondary N) is 1. The van der Waals surface area contributed by atoms with Crippen molar-refractivity contribution in [1.29, 1.82) is 0 Å². The number of amides is 1. The molecule has 0 aliphatic carbocycles. The van der Waals surface area contributed by atoms with E-state index in [1.807, 2.05) is 6.92 Å². The lowest BCUT2D eigenvalue weighted by molar-refractivity contribution is 0.00363. The van der Waals surface area contributed by atoms with Crippen LogP contribution in [0.3, 0.4) is 0 Å². The zero-order valence-electron chi connectivity index (χ0n) is 10.6. The summed E-state index contributed by atoms with van der Waals surface area (Å²) in [6.07, 6.45) is 0. The third-order valence-corrected chi connectivity index (χ3v) is 3.12. The van der Waals surface area contributed by atoms with Gasteiger partial charge in [-0.2, -0.15) is 0 Å². The van der Waals surface area contributed by atoms with Gasteiger partial charge < -0.3 is 15.0 Å². The zero-order valence-corrected chi connectivity index (χ0v) is 10.6. The second-order valence-corrected chi connectivity index (χ2v) is 4.33. The molecule has 1 aromatic rings. The highest BCUT2D eigenvalue weighted by molar-refractivity contribution is 5.99. The first-order valence-corrected chi connectivity index (χ1v) is 6.00. The van der Waals surface area contributed by atoms with Gasteiger partial charge in [0.15, 0.2) is 0 Å². The zero-order chi connectivity index (χ0) is 13.1. The second-order valence-electron chi connectivity index (χ2n) is 4.33. The van der Waals surface area contributed by atoms with Crippen LogP contribution in [0.1, 0.15) is 17.3 Å². The highest BCUT2D eigenvalue weighted by atomic mass is 19.1. The summed E-state index contributed by atoms with van der Waals surface area (Å²) < 4.78 is 18.9. The first kappa shape index (κ1) is 12.8. The molecule has 5 heteroatoms. The number of benzene rings is 1. The van der Waals surface area contributed by atoms with Crippen molar-refractivity contribution in [1.82, 2.24) is 4.90 Å². The number of hydrogen-bond donors (Lipinski definition) is 1. The van der Waals surface area contributed by atoms with Gasteiger partial charge in [0.1, 0.15) is 5.82 Å². The molecule has 1 aliphatic rings. The number of carbonyl (C=O) groups excluding carboxylic acids is 1. The van der Waals surface area contributed by atoms with Crippen LogP contribution in [0.5, 0.6) is 0 Å². The number of para-hydroxylation sites is 1. The molecule has 0 saturated carbocycles. The smallest absolute Gasteiger partial charge is 0.256 e. The second kappa shape index (κ2) is 5.35. The molecule has 1 saturated heterocycles. The van der Waals surface area contributed by atoms with Crippen molar-refractivity contribution in [3.05, 3.63) is 29.6 Å². The van der Waals surface area contributed by atoms with Crippen molar-refractivity contribution in [2.75, 3.05) is 32.1 Å². The molecule has 0 spiro atoms. The number of carbonyl (C=O) groups is 1. The van der Waals surface area contributed by atoms with E-state index < -0.39 is 5.82 Å². The van der Waals surface area contributed by atoms with Crippen LogP contribution in [-0.2, 0) is 4.74 Å². The maximum absolute atomic E-state index is 13.6. The Morgan fingerprint density at radius 1 is 1.56 bits per heavy atom. The highest BCUT2D eigenvalue weighted by Gasteiger charge is 2.26. The summed E-state index contributed by atoms with van der Waals surface area (Å²) in [5, 5.41) is 2.74. The first-order valence-electron chi connectivity index (χ1n) is 6.00. The van der Waals surface area contributed by atoms with Crippen molar-refractivity contribution in [3.63, 3.8) is 0 Å². The Morgan fingerprint density at radius 2 is 2.33 bits per heavy atom. The standard InChI is InChI=1S/C13H17FN2O2/c1-9-8-18-7-6-16(9)13(17)10-4-3-5-11(14)12(10)15-2/h3-5,9,15H,6-8H2,1-2H3. The number of nitrogens with zero attached hydrogens (tertiary/aromatic N) is 1. The normalized spacial score (nSPS) is 19.7. The van der Waals surface area contributed by atoms with E-state index in [0.717, 1.165) is 0 Å². The average molecular weight is 252 g/mol. The molecule has 18 heavy (non-hydrogen) atoms. The molecule has 0 bridgehead atoms. The molecule has 98 valence electrons. The Balaban J connectivity index is 2.30. The van der Waals surface area contributed by atoms with Crippen LogP contribution in [0.25, 0.3) is 0 Å². The van der Waals surface area contributed by atoms with Crippen LogP contribution in [0, 0.1) is 5.82 Å². The third kappa shape index (κ3) is 2.31. The molecule has 1 amide bonds. The number of rotatable bonds is 2. The molecule has 2 rings (SSSR count). The molecule has 1 aliphatic heterocycles. The number of anilines is 1. The summed E-state index contributed by atoms with van der Waals surface area (Å²) >= 11 is 0. The molecule has 1 atom stereocenters. The molecule has 1 heterocycles. The van der Waals surface area contributed by atoms with Crippen LogP contribution in [0.4, 0.5) is 10.1 Å². The number of morpholine rings is 1. The molecule has 1 unspecified atom stereocenters. The number of ether oxygens (including phenoxy) is 1. The van der Waals surface area contributed by atoms with Gasteiger partial charge in [-0.3, -0.25) is 4.79 Å². The lowest BCUT2D eigenvalue weighted by Crippen LogP contribution is -2.47. The molecule has 4 nitrogen and oxygen atoms in total. The van der Waals surface area contributed by atoms with E-state index >= 15 is 0 Å². The van der Waals surface area contributed by atoms with E-state index in [4.69, 9.17) is 4.74 Å². The van der Waals surface area contributed by atoms with Gasteiger partial charge in [0.2, 0.25) is 0 Å². The van der Waals surface area contributed by atoms with Gasteiger partial charge in [-0.15, -0.1) is 0 Å². The fourth-order valence-corrected chi connectivity index (χ4v) is 2.14. The number of halogens is 1. The summed E-state index contributed by atoms with van der Waals surface area (Å²) in [5.41, 5.74) is 0.618. The Labute approximate surface area is 106 Å². The summed E-state index contributed by atoms with van der Waals surface area (Å²) in [6.45, 7) is 3.52. The Morgan fingerprint density at radius 3 is 3.00 bits per heavy atom. The Kier molecular flexibility index (Phi) is 3.81. The molecule has 1 aromatic carbocycles. The minimum atomic E-state index is -0.413. The molecular weight excluding hydrogens is 235 g/mol. The van der Waals surface area contributed by atoms with Crippen molar-refractivity contribution in [2.24, 2.45) is 0 Å². The number of hydrogen-bond acceptors (Lipinski definition) is 3. The first-order chi connectivity index (χ1) is 8.65. The Bertz CT molecular complexity index is 451. The van der Waals surface area contributed by atoms with Crippen LogP contribution < -0.4 is 5.32 Å². The van der Waals surface area contributed by atoms with Gasteiger partial charge in [-0.05, 0) is 19.1 Å². The molecule has 1 fully saturated rings. The van der Waals surface area contributed by atoms with Crippen molar-refractivity contribution < 1.29 is 13.9 Å².